The van der Waals surface area contributed by atoms with Gasteiger partial charge < -0.3 is 9.84 Å². The first-order valence-corrected chi connectivity index (χ1v) is 5.85. The largest absolute Gasteiger partial charge is 0.487 e. The summed E-state index contributed by atoms with van der Waals surface area (Å²) >= 11 is 0. The van der Waals surface area contributed by atoms with Crippen molar-refractivity contribution in [3.05, 3.63) is 41.5 Å². The van der Waals surface area contributed by atoms with Crippen LogP contribution < -0.4 is 4.74 Å². The van der Waals surface area contributed by atoms with Crippen molar-refractivity contribution in [2.24, 2.45) is 0 Å². The van der Waals surface area contributed by atoms with Gasteiger partial charge in [-0.15, -0.1) is 6.42 Å². The van der Waals surface area contributed by atoms with Crippen LogP contribution >= 0.6 is 0 Å². The van der Waals surface area contributed by atoms with Crippen LogP contribution in [-0.4, -0.2) is 11.2 Å². The monoisotopic (exact) mass is 228 g/mol. The van der Waals surface area contributed by atoms with E-state index in [1.165, 1.54) is 0 Å². The molecular formula is C15H16O2. The summed E-state index contributed by atoms with van der Waals surface area (Å²) in [5, 5.41) is 10.2. The van der Waals surface area contributed by atoms with Gasteiger partial charge in [-0.1, -0.05) is 31.1 Å². The van der Waals surface area contributed by atoms with Crippen LogP contribution in [0.5, 0.6) is 5.75 Å². The van der Waals surface area contributed by atoms with Crippen molar-refractivity contribution in [1.29, 1.82) is 0 Å². The van der Waals surface area contributed by atoms with Crippen LogP contribution in [0.15, 0.2) is 30.4 Å². The van der Waals surface area contributed by atoms with E-state index < -0.39 is 6.10 Å². The van der Waals surface area contributed by atoms with Crippen molar-refractivity contribution in [3.8, 4) is 18.1 Å². The van der Waals surface area contributed by atoms with E-state index in [4.69, 9.17) is 11.2 Å². The van der Waals surface area contributed by atoms with Crippen LogP contribution in [0.2, 0.25) is 0 Å². The van der Waals surface area contributed by atoms with Gasteiger partial charge in [0.1, 0.15) is 18.0 Å². The molecule has 0 aliphatic carbocycles. The molecular weight excluding hydrogens is 212 g/mol. The molecule has 1 N–H and O–H groups in total. The Kier molecular flexibility index (Phi) is 3.51. The lowest BCUT2D eigenvalue weighted by Crippen LogP contribution is -2.17. The number of terminal acetylenes is 1. The molecule has 0 spiro atoms. The second-order valence-corrected chi connectivity index (χ2v) is 4.09. The lowest BCUT2D eigenvalue weighted by molar-refractivity contribution is 0.0693. The Balaban J connectivity index is 2.21. The van der Waals surface area contributed by atoms with Gasteiger partial charge in [0.2, 0.25) is 0 Å². The summed E-state index contributed by atoms with van der Waals surface area (Å²) in [6.45, 7) is 2.08. The molecule has 2 rings (SSSR count). The molecule has 1 aliphatic rings. The minimum atomic E-state index is -0.552. The number of hydrogen-bond acceptors (Lipinski definition) is 2. The van der Waals surface area contributed by atoms with E-state index in [9.17, 15) is 5.11 Å². The normalized spacial score (nSPS) is 22.2. The molecule has 0 radical (unpaired) electrons. The van der Waals surface area contributed by atoms with E-state index in [1.807, 2.05) is 24.3 Å². The van der Waals surface area contributed by atoms with Crippen LogP contribution in [0, 0.1) is 12.3 Å². The van der Waals surface area contributed by atoms with E-state index >= 15 is 0 Å². The third-order valence-corrected chi connectivity index (χ3v) is 3.05. The average Bonchev–Trinajstić information content (AvgIpc) is 2.67. The highest BCUT2D eigenvalue weighted by atomic mass is 16.5. The molecule has 0 bridgehead atoms. The van der Waals surface area contributed by atoms with E-state index in [-0.39, 0.29) is 6.10 Å². The third kappa shape index (κ3) is 2.20. The van der Waals surface area contributed by atoms with Crippen molar-refractivity contribution >= 4 is 0 Å². The molecule has 1 aromatic carbocycles. The van der Waals surface area contributed by atoms with Gasteiger partial charge in [-0.25, -0.2) is 0 Å². The molecule has 1 aromatic rings. The van der Waals surface area contributed by atoms with Crippen LogP contribution in [0.4, 0.5) is 0 Å². The van der Waals surface area contributed by atoms with Gasteiger partial charge in [0.15, 0.2) is 0 Å². The number of benzene rings is 1. The lowest BCUT2D eigenvalue weighted by Gasteiger charge is -2.12. The minimum Gasteiger partial charge on any atom is -0.487 e. The number of fused-ring (bicyclic) bond motifs is 1. The van der Waals surface area contributed by atoms with Gasteiger partial charge >= 0.3 is 0 Å². The second-order valence-electron chi connectivity index (χ2n) is 4.09. The molecule has 17 heavy (non-hydrogen) atoms. The summed E-state index contributed by atoms with van der Waals surface area (Å²) in [5.74, 6) is 3.23. The maximum atomic E-state index is 10.2. The Morgan fingerprint density at radius 2 is 2.35 bits per heavy atom. The first kappa shape index (κ1) is 11.8. The summed E-state index contributed by atoms with van der Waals surface area (Å²) in [5.41, 5.74) is 2.09. The molecule has 0 unspecified atom stereocenters. The van der Waals surface area contributed by atoms with Crippen LogP contribution in [-0.2, 0) is 6.42 Å². The molecule has 0 amide bonds. The number of aryl methyl sites for hydroxylation is 1. The van der Waals surface area contributed by atoms with Gasteiger partial charge in [0, 0.05) is 12.0 Å². The summed E-state index contributed by atoms with van der Waals surface area (Å²) < 4.78 is 5.74. The molecule has 88 valence electrons. The average molecular weight is 228 g/mol. The van der Waals surface area contributed by atoms with Crippen LogP contribution in [0.25, 0.3) is 0 Å². The number of ether oxygens (including phenoxy) is 1. The summed E-state index contributed by atoms with van der Waals surface area (Å²) in [6, 6.07) is 5.90. The SMILES string of the molecule is C#C/C=C/C[C@@H]1Oc2cccc(CC)c2[C@@H]1O. The molecule has 1 heterocycles. The fraction of sp³-hybridized carbons (Fsp3) is 0.333. The zero-order chi connectivity index (χ0) is 12.3. The standard InChI is InChI=1S/C15H16O2/c1-3-5-6-9-13-15(16)14-11(4-2)8-7-10-12(14)17-13/h1,5-8,10,13,15-16H,4,9H2,2H3/b6-5+/t13-,15+/m0/s1. The minimum absolute atomic E-state index is 0.220. The highest BCUT2D eigenvalue weighted by Gasteiger charge is 2.33. The first-order valence-electron chi connectivity index (χ1n) is 5.85. The molecule has 2 nitrogen and oxygen atoms in total. The zero-order valence-corrected chi connectivity index (χ0v) is 9.89. The van der Waals surface area contributed by atoms with Crippen LogP contribution in [0.3, 0.4) is 0 Å². The van der Waals surface area contributed by atoms with E-state index in [0.29, 0.717) is 6.42 Å². The highest BCUT2D eigenvalue weighted by Crippen LogP contribution is 2.40. The summed E-state index contributed by atoms with van der Waals surface area (Å²) in [7, 11) is 0. The molecule has 0 saturated heterocycles. The van der Waals surface area contributed by atoms with Crippen molar-refractivity contribution in [2.45, 2.75) is 32.0 Å². The Bertz CT molecular complexity index is 468. The number of aliphatic hydroxyl groups excluding tert-OH is 1. The summed E-state index contributed by atoms with van der Waals surface area (Å²) in [4.78, 5) is 0. The van der Waals surface area contributed by atoms with Gasteiger partial charge in [0.05, 0.1) is 0 Å². The second kappa shape index (κ2) is 5.07. The number of rotatable bonds is 3. The fourth-order valence-corrected chi connectivity index (χ4v) is 2.20. The van der Waals surface area contributed by atoms with Gasteiger partial charge in [0.25, 0.3) is 0 Å². The maximum absolute atomic E-state index is 10.2. The number of allylic oxidation sites excluding steroid dienone is 1. The molecule has 0 fully saturated rings. The van der Waals surface area contributed by atoms with Gasteiger partial charge in [-0.05, 0) is 24.1 Å². The lowest BCUT2D eigenvalue weighted by atomic mass is 9.97. The summed E-state index contributed by atoms with van der Waals surface area (Å²) in [6.07, 6.45) is 9.38. The van der Waals surface area contributed by atoms with Gasteiger partial charge in [-0.2, -0.15) is 0 Å². The van der Waals surface area contributed by atoms with Crippen molar-refractivity contribution in [3.63, 3.8) is 0 Å². The molecule has 2 heteroatoms. The molecule has 0 saturated carbocycles. The van der Waals surface area contributed by atoms with Crippen molar-refractivity contribution in [1.82, 2.24) is 0 Å². The van der Waals surface area contributed by atoms with Crippen LogP contribution in [0.1, 0.15) is 30.6 Å². The molecule has 1 aliphatic heterocycles. The first-order chi connectivity index (χ1) is 8.27. The predicted octanol–water partition coefficient (Wildman–Crippen LogP) is 2.62. The Hall–Kier alpha value is -1.72. The topological polar surface area (TPSA) is 29.5 Å². The Labute approximate surface area is 102 Å². The Morgan fingerprint density at radius 3 is 3.06 bits per heavy atom. The van der Waals surface area contributed by atoms with E-state index in [0.717, 1.165) is 23.3 Å². The number of aliphatic hydroxyl groups is 1. The van der Waals surface area contributed by atoms with Gasteiger partial charge in [-0.3, -0.25) is 0 Å². The third-order valence-electron chi connectivity index (χ3n) is 3.05. The fourth-order valence-electron chi connectivity index (χ4n) is 2.20. The molecule has 0 aromatic heterocycles. The zero-order valence-electron chi connectivity index (χ0n) is 9.89. The predicted molar refractivity (Wildman–Crippen MR) is 67.8 cm³/mol. The van der Waals surface area contributed by atoms with Crippen molar-refractivity contribution < 1.29 is 9.84 Å². The number of hydrogen-bond donors (Lipinski definition) is 1. The Morgan fingerprint density at radius 1 is 1.53 bits per heavy atom. The van der Waals surface area contributed by atoms with E-state index in [1.54, 1.807) is 6.08 Å². The highest BCUT2D eigenvalue weighted by molar-refractivity contribution is 5.45. The molecule has 2 atom stereocenters. The van der Waals surface area contributed by atoms with Crippen molar-refractivity contribution in [2.75, 3.05) is 0 Å². The quantitative estimate of drug-likeness (QED) is 0.806. The maximum Gasteiger partial charge on any atom is 0.132 e. The van der Waals surface area contributed by atoms with E-state index in [2.05, 4.69) is 12.8 Å². The smallest absolute Gasteiger partial charge is 0.132 e.